The first kappa shape index (κ1) is 20.2. The SMILES string of the molecule is NCc1ccc(CC(=O)N[C@H]2C/C=C\C[C@@H](CCC(=O)O)OB2O)cc1. The molecule has 0 bridgehead atoms. The lowest BCUT2D eigenvalue weighted by Crippen LogP contribution is -2.50. The molecule has 0 aromatic heterocycles. The zero-order valence-corrected chi connectivity index (χ0v) is 14.6. The van der Waals surface area contributed by atoms with E-state index in [0.29, 0.717) is 25.8 Å². The van der Waals surface area contributed by atoms with Gasteiger partial charge in [0, 0.05) is 19.1 Å². The maximum atomic E-state index is 12.3. The molecule has 1 aromatic carbocycles. The van der Waals surface area contributed by atoms with Crippen LogP contribution in [0.1, 0.15) is 36.8 Å². The van der Waals surface area contributed by atoms with Gasteiger partial charge in [-0.15, -0.1) is 0 Å². The average Bonchev–Trinajstić information content (AvgIpc) is 2.60. The van der Waals surface area contributed by atoms with Gasteiger partial charge in [0.15, 0.2) is 0 Å². The van der Waals surface area contributed by atoms with Crippen molar-refractivity contribution < 1.29 is 24.4 Å². The fourth-order valence-electron chi connectivity index (χ4n) is 2.79. The summed E-state index contributed by atoms with van der Waals surface area (Å²) in [5.74, 6) is -1.69. The Morgan fingerprint density at radius 2 is 1.85 bits per heavy atom. The largest absolute Gasteiger partial charge is 0.481 e. The van der Waals surface area contributed by atoms with Gasteiger partial charge in [0.1, 0.15) is 0 Å². The first-order valence-corrected chi connectivity index (χ1v) is 8.75. The van der Waals surface area contributed by atoms with Crippen LogP contribution in [0.5, 0.6) is 0 Å². The van der Waals surface area contributed by atoms with E-state index in [-0.39, 0.29) is 24.9 Å². The molecular weight excluding hydrogens is 335 g/mol. The molecule has 1 heterocycles. The minimum Gasteiger partial charge on any atom is -0.481 e. The van der Waals surface area contributed by atoms with E-state index in [9.17, 15) is 14.6 Å². The van der Waals surface area contributed by atoms with Crippen LogP contribution in [0.2, 0.25) is 0 Å². The number of carbonyl (C=O) groups excluding carboxylic acids is 1. The van der Waals surface area contributed by atoms with E-state index in [1.54, 1.807) is 0 Å². The third-order valence-electron chi connectivity index (χ3n) is 4.28. The second-order valence-corrected chi connectivity index (χ2v) is 6.40. The topological polar surface area (TPSA) is 122 Å². The van der Waals surface area contributed by atoms with Crippen molar-refractivity contribution in [2.75, 3.05) is 0 Å². The van der Waals surface area contributed by atoms with Gasteiger partial charge in [-0.3, -0.25) is 9.59 Å². The molecule has 26 heavy (non-hydrogen) atoms. The van der Waals surface area contributed by atoms with Crippen LogP contribution in [0.25, 0.3) is 0 Å². The molecule has 140 valence electrons. The number of hydrogen-bond acceptors (Lipinski definition) is 5. The molecular formula is C18H25BN2O5. The predicted octanol–water partition coefficient (Wildman–Crippen LogP) is 0.792. The Morgan fingerprint density at radius 1 is 1.19 bits per heavy atom. The molecule has 1 aliphatic heterocycles. The highest BCUT2D eigenvalue weighted by molar-refractivity contribution is 6.45. The summed E-state index contributed by atoms with van der Waals surface area (Å²) >= 11 is 0. The van der Waals surface area contributed by atoms with Gasteiger partial charge in [-0.2, -0.15) is 0 Å². The lowest BCUT2D eigenvalue weighted by atomic mass is 9.75. The predicted molar refractivity (Wildman–Crippen MR) is 98.1 cm³/mol. The van der Waals surface area contributed by atoms with Crippen molar-refractivity contribution in [2.24, 2.45) is 5.73 Å². The van der Waals surface area contributed by atoms with Crippen molar-refractivity contribution >= 4 is 19.0 Å². The third-order valence-corrected chi connectivity index (χ3v) is 4.28. The van der Waals surface area contributed by atoms with Gasteiger partial charge >= 0.3 is 13.1 Å². The van der Waals surface area contributed by atoms with Gasteiger partial charge in [0.2, 0.25) is 5.91 Å². The van der Waals surface area contributed by atoms with Gasteiger partial charge in [-0.05, 0) is 30.4 Å². The van der Waals surface area contributed by atoms with Crippen LogP contribution in [0.4, 0.5) is 0 Å². The average molecular weight is 360 g/mol. The van der Waals surface area contributed by atoms with Gasteiger partial charge < -0.3 is 25.8 Å². The molecule has 8 heteroatoms. The number of aliphatic carboxylic acids is 1. The number of carboxylic acids is 1. The minimum atomic E-state index is -1.18. The number of rotatable bonds is 7. The van der Waals surface area contributed by atoms with Crippen molar-refractivity contribution in [1.29, 1.82) is 0 Å². The molecule has 5 N–H and O–H groups in total. The van der Waals surface area contributed by atoms with Crippen LogP contribution < -0.4 is 11.1 Å². The van der Waals surface area contributed by atoms with Crippen LogP contribution in [-0.2, 0) is 27.2 Å². The normalized spacial score (nSPS) is 21.5. The van der Waals surface area contributed by atoms with E-state index < -0.39 is 19.0 Å². The summed E-state index contributed by atoms with van der Waals surface area (Å²) < 4.78 is 5.55. The number of hydrogen-bond donors (Lipinski definition) is 4. The Balaban J connectivity index is 1.89. The Hall–Kier alpha value is -2.16. The number of nitrogens with two attached hydrogens (primary N) is 1. The van der Waals surface area contributed by atoms with Gasteiger partial charge in [0.25, 0.3) is 0 Å². The van der Waals surface area contributed by atoms with Crippen molar-refractivity contribution in [2.45, 2.75) is 50.7 Å². The molecule has 0 aliphatic carbocycles. The Bertz CT molecular complexity index is 635. The molecule has 0 saturated carbocycles. The molecule has 7 nitrogen and oxygen atoms in total. The Morgan fingerprint density at radius 3 is 2.50 bits per heavy atom. The maximum Gasteiger partial charge on any atom is 0.478 e. The quantitative estimate of drug-likeness (QED) is 0.421. The number of benzene rings is 1. The van der Waals surface area contributed by atoms with Crippen molar-refractivity contribution in [3.05, 3.63) is 47.5 Å². The first-order chi connectivity index (χ1) is 12.5. The van der Waals surface area contributed by atoms with Crippen molar-refractivity contribution in [3.63, 3.8) is 0 Å². The molecule has 2 atom stereocenters. The number of nitrogens with one attached hydrogen (secondary N) is 1. The van der Waals surface area contributed by atoms with E-state index in [1.165, 1.54) is 0 Å². The highest BCUT2D eigenvalue weighted by Gasteiger charge is 2.31. The fraction of sp³-hybridized carbons (Fsp3) is 0.444. The molecule has 0 fully saturated rings. The highest BCUT2D eigenvalue weighted by atomic mass is 16.5. The van der Waals surface area contributed by atoms with E-state index in [2.05, 4.69) is 5.32 Å². The summed E-state index contributed by atoms with van der Waals surface area (Å²) in [6.45, 7) is 0.452. The van der Waals surface area contributed by atoms with Gasteiger partial charge in [0.05, 0.1) is 12.4 Å². The molecule has 2 rings (SSSR count). The molecule has 0 spiro atoms. The lowest BCUT2D eigenvalue weighted by molar-refractivity contribution is -0.137. The fourth-order valence-corrected chi connectivity index (χ4v) is 2.79. The third kappa shape index (κ3) is 6.63. The summed E-state index contributed by atoms with van der Waals surface area (Å²) in [5.41, 5.74) is 7.41. The van der Waals surface area contributed by atoms with E-state index in [1.807, 2.05) is 36.4 Å². The molecule has 1 aliphatic rings. The molecule has 1 aromatic rings. The summed E-state index contributed by atoms with van der Waals surface area (Å²) in [6.07, 6.45) is 4.85. The standard InChI is InChI=1S/C18H25BN2O5/c20-12-14-7-5-13(6-8-14)11-17(22)21-16-4-2-1-3-15(26-19(16)25)9-10-18(23)24/h1-2,5-8,15-16,25H,3-4,9-12,20H2,(H,21,22)(H,23,24)/b2-1-/t15-,16-/m0/s1. The van der Waals surface area contributed by atoms with Crippen LogP contribution in [0, 0.1) is 0 Å². The van der Waals surface area contributed by atoms with Gasteiger partial charge in [-0.25, -0.2) is 0 Å². The van der Waals surface area contributed by atoms with Crippen molar-refractivity contribution in [3.8, 4) is 0 Å². The summed E-state index contributed by atoms with van der Waals surface area (Å²) in [6, 6.07) is 7.47. The van der Waals surface area contributed by atoms with Gasteiger partial charge in [-0.1, -0.05) is 36.4 Å². The van der Waals surface area contributed by atoms with Crippen LogP contribution in [-0.4, -0.2) is 41.2 Å². The van der Waals surface area contributed by atoms with E-state index in [0.717, 1.165) is 11.1 Å². The Kier molecular flexibility index (Phi) is 7.84. The molecule has 0 saturated heterocycles. The van der Waals surface area contributed by atoms with Crippen molar-refractivity contribution in [1.82, 2.24) is 5.32 Å². The Labute approximate surface area is 153 Å². The zero-order chi connectivity index (χ0) is 18.9. The lowest BCUT2D eigenvalue weighted by Gasteiger charge is -2.26. The summed E-state index contributed by atoms with van der Waals surface area (Å²) in [4.78, 5) is 23.0. The van der Waals surface area contributed by atoms with Crippen LogP contribution >= 0.6 is 0 Å². The molecule has 0 unspecified atom stereocenters. The second-order valence-electron chi connectivity index (χ2n) is 6.40. The number of carbonyl (C=O) groups is 2. The zero-order valence-electron chi connectivity index (χ0n) is 14.6. The maximum absolute atomic E-state index is 12.3. The second kappa shape index (κ2) is 10.1. The number of amides is 1. The first-order valence-electron chi connectivity index (χ1n) is 8.75. The summed E-state index contributed by atoms with van der Waals surface area (Å²) in [5, 5.41) is 21.8. The smallest absolute Gasteiger partial charge is 0.478 e. The number of carboxylic acid groups (broad SMARTS) is 1. The summed E-state index contributed by atoms with van der Waals surface area (Å²) in [7, 11) is -1.18. The highest BCUT2D eigenvalue weighted by Crippen LogP contribution is 2.15. The van der Waals surface area contributed by atoms with Crippen LogP contribution in [0.3, 0.4) is 0 Å². The van der Waals surface area contributed by atoms with E-state index >= 15 is 0 Å². The molecule has 1 amide bonds. The monoisotopic (exact) mass is 360 g/mol. The van der Waals surface area contributed by atoms with Crippen LogP contribution in [0.15, 0.2) is 36.4 Å². The molecule has 0 radical (unpaired) electrons. The van der Waals surface area contributed by atoms with E-state index in [4.69, 9.17) is 15.5 Å². The minimum absolute atomic E-state index is 0.0267.